The average molecular weight is 439 g/mol. The fourth-order valence-electron chi connectivity index (χ4n) is 7.09. The first kappa shape index (κ1) is 23.5. The Balaban J connectivity index is 1.46. The highest BCUT2D eigenvalue weighted by molar-refractivity contribution is 5.55. The molecule has 2 unspecified atom stereocenters. The lowest BCUT2D eigenvalue weighted by Crippen LogP contribution is -2.48. The predicted octanol–water partition coefficient (Wildman–Crippen LogP) is 7.43. The van der Waals surface area contributed by atoms with Crippen LogP contribution < -0.4 is 10.4 Å². The molecule has 174 valence electrons. The number of fused-ring (bicyclic) bond motifs is 1. The summed E-state index contributed by atoms with van der Waals surface area (Å²) in [5, 5.41) is 1.30. The molecule has 3 aliphatic rings. The van der Waals surface area contributed by atoms with E-state index >= 15 is 8.78 Å². The molecule has 1 aromatic carbocycles. The summed E-state index contributed by atoms with van der Waals surface area (Å²) < 4.78 is 31.0. The topological polar surface area (TPSA) is 0 Å². The molecule has 0 N–H and O–H groups in total. The van der Waals surface area contributed by atoms with E-state index in [0.29, 0.717) is 11.6 Å². The summed E-state index contributed by atoms with van der Waals surface area (Å²) in [5.41, 5.74) is -0.736. The van der Waals surface area contributed by atoms with Crippen LogP contribution >= 0.6 is 0 Å². The molecule has 0 bridgehead atoms. The molecule has 0 saturated heterocycles. The minimum atomic E-state index is -1.54. The van der Waals surface area contributed by atoms with Gasteiger partial charge in [0.15, 0.2) is 6.17 Å². The van der Waals surface area contributed by atoms with Crippen molar-refractivity contribution in [3.8, 4) is 0 Å². The third-order valence-electron chi connectivity index (χ3n) is 8.99. The number of rotatable bonds is 8. The molecule has 0 aliphatic heterocycles. The first-order valence-electron chi connectivity index (χ1n) is 12.9. The van der Waals surface area contributed by atoms with E-state index in [-0.39, 0.29) is 5.92 Å². The standard InChI is InChI=1S/C30H40F2/c1-3-5-9-22-12-14-23(15-13-22)24-16-18-26(19-17-24)30(20-6-4-2)21-25-10-7-8-11-27(25)28(31)29(30)32/h3-4,7-8,10-11,21-24,26,29H,1-2,5-6,9,12-20H2. The third kappa shape index (κ3) is 4.66. The molecule has 0 radical (unpaired) electrons. The summed E-state index contributed by atoms with van der Waals surface area (Å²) in [6.45, 7) is 7.73. The summed E-state index contributed by atoms with van der Waals surface area (Å²) in [5.74, 6) is 2.13. The number of alkyl halides is 1. The largest absolute Gasteiger partial charge is 0.239 e. The van der Waals surface area contributed by atoms with Crippen LogP contribution in [0.3, 0.4) is 0 Å². The van der Waals surface area contributed by atoms with Crippen molar-refractivity contribution in [3.05, 3.63) is 60.0 Å². The van der Waals surface area contributed by atoms with Crippen molar-refractivity contribution in [2.45, 2.75) is 83.2 Å². The quantitative estimate of drug-likeness (QED) is 0.370. The van der Waals surface area contributed by atoms with Crippen LogP contribution in [0, 0.1) is 29.1 Å². The van der Waals surface area contributed by atoms with Crippen LogP contribution in [0.2, 0.25) is 0 Å². The Morgan fingerprint density at radius 1 is 0.875 bits per heavy atom. The van der Waals surface area contributed by atoms with Gasteiger partial charge in [0.05, 0.1) is 0 Å². The zero-order chi connectivity index (χ0) is 22.6. The molecular formula is C30H40F2. The summed E-state index contributed by atoms with van der Waals surface area (Å²) in [7, 11) is 0. The Labute approximate surface area is 193 Å². The average Bonchev–Trinajstić information content (AvgIpc) is 2.84. The molecule has 0 aromatic heterocycles. The van der Waals surface area contributed by atoms with Crippen LogP contribution in [0.4, 0.5) is 8.78 Å². The summed E-state index contributed by atoms with van der Waals surface area (Å²) in [6, 6.07) is 7.39. The second kappa shape index (κ2) is 10.5. The second-order valence-electron chi connectivity index (χ2n) is 10.6. The van der Waals surface area contributed by atoms with Crippen molar-refractivity contribution in [2.24, 2.45) is 29.1 Å². The highest BCUT2D eigenvalue weighted by Crippen LogP contribution is 2.52. The molecule has 4 rings (SSSR count). The van der Waals surface area contributed by atoms with Crippen molar-refractivity contribution < 1.29 is 8.78 Å². The fraction of sp³-hybridized carbons (Fsp3) is 0.600. The molecule has 2 fully saturated rings. The lowest BCUT2D eigenvalue weighted by atomic mass is 9.59. The lowest BCUT2D eigenvalue weighted by Gasteiger charge is -2.46. The number of benzene rings is 1. The Kier molecular flexibility index (Phi) is 7.69. The van der Waals surface area contributed by atoms with E-state index in [1.54, 1.807) is 12.1 Å². The fourth-order valence-corrected chi connectivity index (χ4v) is 7.09. The van der Waals surface area contributed by atoms with Gasteiger partial charge in [-0.25, -0.2) is 8.78 Å². The van der Waals surface area contributed by atoms with E-state index in [2.05, 4.69) is 25.3 Å². The number of hydrogen-bond acceptors (Lipinski definition) is 0. The highest BCUT2D eigenvalue weighted by Gasteiger charge is 2.48. The Morgan fingerprint density at radius 3 is 2.16 bits per heavy atom. The number of hydrogen-bond donors (Lipinski definition) is 0. The number of allylic oxidation sites excluding steroid dienone is 2. The van der Waals surface area contributed by atoms with Crippen molar-refractivity contribution >= 4 is 11.9 Å². The van der Waals surface area contributed by atoms with Crippen molar-refractivity contribution in [1.82, 2.24) is 0 Å². The number of halogens is 2. The van der Waals surface area contributed by atoms with Crippen LogP contribution in [0.1, 0.15) is 77.0 Å². The first-order chi connectivity index (χ1) is 15.6. The zero-order valence-electron chi connectivity index (χ0n) is 19.6. The maximum absolute atomic E-state index is 15.8. The molecule has 1 aromatic rings. The third-order valence-corrected chi connectivity index (χ3v) is 8.99. The second-order valence-corrected chi connectivity index (χ2v) is 10.6. The van der Waals surface area contributed by atoms with Gasteiger partial charge in [0.2, 0.25) is 0 Å². The van der Waals surface area contributed by atoms with Crippen LogP contribution in [-0.2, 0) is 0 Å². The van der Waals surface area contributed by atoms with Gasteiger partial charge in [-0.2, -0.15) is 0 Å². The molecule has 0 spiro atoms. The van der Waals surface area contributed by atoms with E-state index in [9.17, 15) is 0 Å². The van der Waals surface area contributed by atoms with Crippen LogP contribution in [0.15, 0.2) is 49.6 Å². The van der Waals surface area contributed by atoms with Gasteiger partial charge in [-0.15, -0.1) is 13.2 Å². The van der Waals surface area contributed by atoms with E-state index in [1.807, 2.05) is 18.2 Å². The Hall–Kier alpha value is -1.70. The molecule has 0 amide bonds. The van der Waals surface area contributed by atoms with Crippen molar-refractivity contribution in [2.75, 3.05) is 0 Å². The smallest absolute Gasteiger partial charge is 0.161 e. The van der Waals surface area contributed by atoms with Gasteiger partial charge in [-0.05, 0) is 93.1 Å². The Morgan fingerprint density at radius 2 is 1.50 bits per heavy atom. The van der Waals surface area contributed by atoms with Gasteiger partial charge < -0.3 is 0 Å². The monoisotopic (exact) mass is 438 g/mol. The zero-order valence-corrected chi connectivity index (χ0v) is 19.6. The summed E-state index contributed by atoms with van der Waals surface area (Å²) in [6.07, 6.45) is 18.1. The van der Waals surface area contributed by atoms with Crippen molar-refractivity contribution in [1.29, 1.82) is 0 Å². The highest BCUT2D eigenvalue weighted by atomic mass is 19.2. The summed E-state index contributed by atoms with van der Waals surface area (Å²) >= 11 is 0. The van der Waals surface area contributed by atoms with E-state index in [0.717, 1.165) is 48.7 Å². The molecule has 3 aliphatic carbocycles. The maximum atomic E-state index is 15.8. The molecule has 2 saturated carbocycles. The summed E-state index contributed by atoms with van der Waals surface area (Å²) in [4.78, 5) is 0. The molecular weight excluding hydrogens is 398 g/mol. The van der Waals surface area contributed by atoms with Gasteiger partial charge in [0.25, 0.3) is 0 Å². The van der Waals surface area contributed by atoms with E-state index < -0.39 is 17.4 Å². The minimum Gasteiger partial charge on any atom is -0.239 e. The predicted molar refractivity (Wildman–Crippen MR) is 132 cm³/mol. The lowest BCUT2D eigenvalue weighted by molar-refractivity contribution is 0.0592. The van der Waals surface area contributed by atoms with Gasteiger partial charge in [-0.3, -0.25) is 0 Å². The molecule has 32 heavy (non-hydrogen) atoms. The minimum absolute atomic E-state index is 0.205. The van der Waals surface area contributed by atoms with Gasteiger partial charge in [-0.1, -0.05) is 55.3 Å². The molecule has 0 nitrogen and oxygen atoms in total. The van der Waals surface area contributed by atoms with Crippen molar-refractivity contribution in [3.63, 3.8) is 0 Å². The SMILES string of the molecule is C=CCCC1CCC(C2CCC(C3(CCC=C)C=c4ccccc4=C(F)C3F)CC2)CC1. The normalized spacial score (nSPS) is 34.9. The molecule has 2 atom stereocenters. The van der Waals surface area contributed by atoms with E-state index in [4.69, 9.17) is 0 Å². The maximum Gasteiger partial charge on any atom is 0.161 e. The molecule has 2 heteroatoms. The van der Waals surface area contributed by atoms with Gasteiger partial charge in [0.1, 0.15) is 5.83 Å². The van der Waals surface area contributed by atoms with Crippen LogP contribution in [0.25, 0.3) is 11.9 Å². The van der Waals surface area contributed by atoms with Crippen LogP contribution in [0.5, 0.6) is 0 Å². The first-order valence-corrected chi connectivity index (χ1v) is 12.9. The van der Waals surface area contributed by atoms with Crippen LogP contribution in [-0.4, -0.2) is 6.17 Å². The Bertz CT molecular complexity index is 899. The van der Waals surface area contributed by atoms with Gasteiger partial charge >= 0.3 is 0 Å². The molecule has 0 heterocycles. The van der Waals surface area contributed by atoms with Gasteiger partial charge in [0, 0.05) is 10.6 Å². The van der Waals surface area contributed by atoms with E-state index in [1.165, 1.54) is 44.9 Å².